The molecule has 1 saturated heterocycles. The highest BCUT2D eigenvalue weighted by molar-refractivity contribution is 6.09. The van der Waals surface area contributed by atoms with Crippen LogP contribution in [0.25, 0.3) is 0 Å². The van der Waals surface area contributed by atoms with Gasteiger partial charge in [-0.1, -0.05) is 57.4 Å². The second-order valence-corrected chi connectivity index (χ2v) is 11.6. The van der Waals surface area contributed by atoms with E-state index in [1.165, 1.54) is 88.9 Å². The van der Waals surface area contributed by atoms with Crippen molar-refractivity contribution in [3.05, 3.63) is 47.9 Å². The van der Waals surface area contributed by atoms with Crippen molar-refractivity contribution in [3.8, 4) is 0 Å². The molecule has 0 radical (unpaired) electrons. The molecule has 1 aliphatic carbocycles. The van der Waals surface area contributed by atoms with Crippen LogP contribution in [0.4, 0.5) is 11.4 Å². The number of rotatable bonds is 2. The minimum absolute atomic E-state index is 0.00114. The molecular formula is C31H43N3O3. The van der Waals surface area contributed by atoms with E-state index in [9.17, 15) is 9.59 Å². The monoisotopic (exact) mass is 505 g/mol. The lowest BCUT2D eigenvalue weighted by atomic mass is 9.77. The third kappa shape index (κ3) is 5.64. The van der Waals surface area contributed by atoms with Crippen molar-refractivity contribution in [1.29, 1.82) is 0 Å². The maximum absolute atomic E-state index is 13.4. The summed E-state index contributed by atoms with van der Waals surface area (Å²) in [6.45, 7) is 4.04. The number of hydrogen-bond donors (Lipinski definition) is 1. The molecule has 200 valence electrons. The second kappa shape index (κ2) is 11.4. The highest BCUT2D eigenvalue weighted by atomic mass is 16.3. The third-order valence-corrected chi connectivity index (χ3v) is 8.85. The Bertz CT molecular complexity index is 1070. The van der Waals surface area contributed by atoms with Gasteiger partial charge >= 0.3 is 0 Å². The van der Waals surface area contributed by atoms with Gasteiger partial charge < -0.3 is 19.5 Å². The molecule has 6 nitrogen and oxygen atoms in total. The molecule has 1 N–H and O–H groups in total. The van der Waals surface area contributed by atoms with Crippen molar-refractivity contribution in [1.82, 2.24) is 5.32 Å². The van der Waals surface area contributed by atoms with Crippen molar-refractivity contribution in [2.45, 2.75) is 115 Å². The number of anilines is 2. The molecule has 1 unspecified atom stereocenters. The Morgan fingerprint density at radius 2 is 1.59 bits per heavy atom. The number of fused-ring (bicyclic) bond motifs is 1. The van der Waals surface area contributed by atoms with Gasteiger partial charge in [-0.05, 0) is 68.9 Å². The summed E-state index contributed by atoms with van der Waals surface area (Å²) >= 11 is 0. The Morgan fingerprint density at radius 1 is 0.919 bits per heavy atom. The molecule has 1 aromatic carbocycles. The van der Waals surface area contributed by atoms with E-state index in [-0.39, 0.29) is 29.4 Å². The zero-order chi connectivity index (χ0) is 25.8. The second-order valence-electron chi connectivity index (χ2n) is 11.6. The summed E-state index contributed by atoms with van der Waals surface area (Å²) in [7, 11) is 0. The molecule has 2 fully saturated rings. The van der Waals surface area contributed by atoms with Gasteiger partial charge in [-0.25, -0.2) is 0 Å². The quantitative estimate of drug-likeness (QED) is 0.471. The number of amides is 2. The molecule has 2 atom stereocenters. The van der Waals surface area contributed by atoms with Crippen molar-refractivity contribution < 1.29 is 14.0 Å². The van der Waals surface area contributed by atoms with Crippen LogP contribution in [0, 0.1) is 0 Å². The molecule has 2 aliphatic heterocycles. The minimum atomic E-state index is -0.157. The van der Waals surface area contributed by atoms with Gasteiger partial charge in [0.2, 0.25) is 5.91 Å². The number of carbonyl (C=O) groups is 2. The number of furan rings is 1. The first-order valence-electron chi connectivity index (χ1n) is 14.5. The van der Waals surface area contributed by atoms with Crippen LogP contribution in [-0.4, -0.2) is 29.9 Å². The van der Waals surface area contributed by atoms with Gasteiger partial charge in [-0.15, -0.1) is 0 Å². The van der Waals surface area contributed by atoms with E-state index < -0.39 is 0 Å². The largest absolute Gasteiger partial charge is 0.459 e. The SMILES string of the molecule is CC(=O)N1c2ccc(C3CCCC4(CCCCCCCCCC4)N3)cc2N(C(=O)c2ccco2)C[C@@H]1C. The Balaban J connectivity index is 1.44. The van der Waals surface area contributed by atoms with Gasteiger partial charge in [0.15, 0.2) is 5.76 Å². The average Bonchev–Trinajstić information content (AvgIpc) is 3.42. The van der Waals surface area contributed by atoms with Crippen molar-refractivity contribution >= 4 is 23.2 Å². The highest BCUT2D eigenvalue weighted by Crippen LogP contribution is 2.42. The molecule has 1 spiro atoms. The molecule has 6 heteroatoms. The zero-order valence-electron chi connectivity index (χ0n) is 22.6. The number of carbonyl (C=O) groups excluding carboxylic acids is 2. The molecule has 5 rings (SSSR count). The van der Waals surface area contributed by atoms with Gasteiger partial charge in [0.05, 0.1) is 23.7 Å². The molecule has 2 aromatic rings. The van der Waals surface area contributed by atoms with Crippen LogP contribution in [0.2, 0.25) is 0 Å². The lowest BCUT2D eigenvalue weighted by Crippen LogP contribution is -2.52. The van der Waals surface area contributed by atoms with E-state index in [4.69, 9.17) is 4.42 Å². The van der Waals surface area contributed by atoms with Gasteiger partial charge in [0, 0.05) is 25.0 Å². The highest BCUT2D eigenvalue weighted by Gasteiger charge is 2.38. The van der Waals surface area contributed by atoms with Crippen LogP contribution in [0.1, 0.15) is 119 Å². The van der Waals surface area contributed by atoms with Gasteiger partial charge in [0.1, 0.15) is 0 Å². The summed E-state index contributed by atoms with van der Waals surface area (Å²) in [4.78, 5) is 29.7. The fourth-order valence-electron chi connectivity index (χ4n) is 6.98. The molecule has 2 amide bonds. The summed E-state index contributed by atoms with van der Waals surface area (Å²) in [6, 6.07) is 9.97. The minimum Gasteiger partial charge on any atom is -0.459 e. The first-order chi connectivity index (χ1) is 18.0. The lowest BCUT2D eigenvalue weighted by molar-refractivity contribution is -0.117. The van der Waals surface area contributed by atoms with Gasteiger partial charge in [0.25, 0.3) is 5.91 Å². The lowest BCUT2D eigenvalue weighted by Gasteiger charge is -2.44. The first kappa shape index (κ1) is 26.0. The molecule has 1 saturated carbocycles. The normalized spacial score (nSPS) is 24.8. The fourth-order valence-corrected chi connectivity index (χ4v) is 6.98. The number of benzene rings is 1. The first-order valence-corrected chi connectivity index (χ1v) is 14.5. The van der Waals surface area contributed by atoms with Crippen molar-refractivity contribution in [3.63, 3.8) is 0 Å². The smallest absolute Gasteiger partial charge is 0.294 e. The van der Waals surface area contributed by atoms with E-state index in [0.29, 0.717) is 12.3 Å². The van der Waals surface area contributed by atoms with E-state index in [1.807, 2.05) is 17.9 Å². The maximum Gasteiger partial charge on any atom is 0.294 e. The third-order valence-electron chi connectivity index (χ3n) is 8.85. The molecular weight excluding hydrogens is 462 g/mol. The number of hydrogen-bond acceptors (Lipinski definition) is 4. The maximum atomic E-state index is 13.4. The van der Waals surface area contributed by atoms with Crippen molar-refractivity contribution in [2.24, 2.45) is 0 Å². The van der Waals surface area contributed by atoms with E-state index in [1.54, 1.807) is 24.0 Å². The molecule has 0 bridgehead atoms. The van der Waals surface area contributed by atoms with E-state index >= 15 is 0 Å². The van der Waals surface area contributed by atoms with Crippen LogP contribution in [0.5, 0.6) is 0 Å². The van der Waals surface area contributed by atoms with Gasteiger partial charge in [-0.2, -0.15) is 0 Å². The summed E-state index contributed by atoms with van der Waals surface area (Å²) in [5.74, 6) is 0.167. The van der Waals surface area contributed by atoms with Crippen LogP contribution in [-0.2, 0) is 4.79 Å². The Kier molecular flexibility index (Phi) is 8.04. The predicted molar refractivity (Wildman–Crippen MR) is 148 cm³/mol. The number of nitrogens with one attached hydrogen (secondary N) is 1. The van der Waals surface area contributed by atoms with Crippen LogP contribution in [0.15, 0.2) is 41.0 Å². The van der Waals surface area contributed by atoms with E-state index in [2.05, 4.69) is 17.4 Å². The molecule has 1 aromatic heterocycles. The summed E-state index contributed by atoms with van der Waals surface area (Å²) in [5.41, 5.74) is 3.03. The number of piperidine rings is 1. The van der Waals surface area contributed by atoms with Crippen LogP contribution >= 0.6 is 0 Å². The standard InChI is InChI=1S/C31H43N3O3/c1-23-22-33(30(36)29-14-12-20-37-29)28-21-25(15-16-27(28)34(23)24(2)35)26-13-11-19-31(32-26)17-9-7-5-3-4-6-8-10-18-31/h12,14-16,20-21,23,26,32H,3-11,13,17-19,22H2,1-2H3/t23-,26?/m0/s1. The number of nitrogens with zero attached hydrogens (tertiary/aromatic N) is 2. The summed E-state index contributed by atoms with van der Waals surface area (Å²) in [5, 5.41) is 4.14. The topological polar surface area (TPSA) is 65.8 Å². The zero-order valence-corrected chi connectivity index (χ0v) is 22.6. The van der Waals surface area contributed by atoms with Crippen molar-refractivity contribution in [2.75, 3.05) is 16.3 Å². The van der Waals surface area contributed by atoms with Crippen LogP contribution < -0.4 is 15.1 Å². The molecule has 37 heavy (non-hydrogen) atoms. The van der Waals surface area contributed by atoms with Crippen LogP contribution in [0.3, 0.4) is 0 Å². The Labute approximate surface area is 221 Å². The van der Waals surface area contributed by atoms with Gasteiger partial charge in [-0.3, -0.25) is 9.59 Å². The average molecular weight is 506 g/mol. The summed E-state index contributed by atoms with van der Waals surface area (Å²) in [6.07, 6.45) is 18.4. The Morgan fingerprint density at radius 3 is 2.24 bits per heavy atom. The fraction of sp³-hybridized carbons (Fsp3) is 0.613. The van der Waals surface area contributed by atoms with E-state index in [0.717, 1.165) is 17.8 Å². The summed E-state index contributed by atoms with van der Waals surface area (Å²) < 4.78 is 5.46. The molecule has 3 heterocycles. The Hall–Kier alpha value is -2.60. The molecule has 3 aliphatic rings. The predicted octanol–water partition coefficient (Wildman–Crippen LogP) is 7.15.